The number of nitrogens with zero attached hydrogens (tertiary/aromatic N) is 2. The van der Waals surface area contributed by atoms with Crippen molar-refractivity contribution < 1.29 is 9.50 Å². The Bertz CT molecular complexity index is 736. The van der Waals surface area contributed by atoms with E-state index in [0.717, 1.165) is 31.6 Å². The molecule has 1 fully saturated rings. The lowest BCUT2D eigenvalue weighted by Crippen LogP contribution is -2.31. The minimum Gasteiger partial charge on any atom is -0.503 e. The summed E-state index contributed by atoms with van der Waals surface area (Å²) in [4.78, 5) is 14.1. The van der Waals surface area contributed by atoms with Crippen molar-refractivity contribution in [2.75, 3.05) is 13.1 Å². The zero-order chi connectivity index (χ0) is 16.2. The summed E-state index contributed by atoms with van der Waals surface area (Å²) in [7, 11) is 0. The molecule has 0 bridgehead atoms. The van der Waals surface area contributed by atoms with Gasteiger partial charge in [0.2, 0.25) is 5.43 Å². The van der Waals surface area contributed by atoms with Gasteiger partial charge in [-0.05, 0) is 32.0 Å². The van der Waals surface area contributed by atoms with Gasteiger partial charge in [-0.3, -0.25) is 9.69 Å². The first kappa shape index (κ1) is 15.7. The standard InChI is InChI=1S/C18H21FN2O2/c19-16-7-3-2-6-14(16)11-21-13-18(23)17(22)10-15(21)12-20-8-4-1-5-9-20/h2-3,6-7,10,13,23H,1,4-5,8-9,11-12H2. The molecule has 3 rings (SSSR count). The van der Waals surface area contributed by atoms with Crippen LogP contribution in [0, 0.1) is 5.82 Å². The summed E-state index contributed by atoms with van der Waals surface area (Å²) in [6.07, 6.45) is 4.98. The molecule has 1 saturated heterocycles. The van der Waals surface area contributed by atoms with Crippen LogP contribution in [0.4, 0.5) is 4.39 Å². The van der Waals surface area contributed by atoms with Gasteiger partial charge in [-0.25, -0.2) is 4.39 Å². The molecule has 1 aromatic carbocycles. The zero-order valence-electron chi connectivity index (χ0n) is 13.0. The molecule has 2 heterocycles. The molecule has 1 aromatic heterocycles. The molecule has 2 aromatic rings. The van der Waals surface area contributed by atoms with Crippen molar-refractivity contribution in [1.82, 2.24) is 9.47 Å². The lowest BCUT2D eigenvalue weighted by atomic mass is 10.1. The second kappa shape index (κ2) is 6.96. The Labute approximate surface area is 134 Å². The van der Waals surface area contributed by atoms with Crippen LogP contribution in [0.15, 0.2) is 41.3 Å². The third kappa shape index (κ3) is 3.79. The molecule has 1 aliphatic heterocycles. The van der Waals surface area contributed by atoms with Gasteiger partial charge >= 0.3 is 0 Å². The monoisotopic (exact) mass is 316 g/mol. The second-order valence-electron chi connectivity index (χ2n) is 6.07. The highest BCUT2D eigenvalue weighted by Crippen LogP contribution is 2.16. The van der Waals surface area contributed by atoms with Crippen LogP contribution in [0.3, 0.4) is 0 Å². The molecule has 0 saturated carbocycles. The van der Waals surface area contributed by atoms with E-state index >= 15 is 0 Å². The Balaban J connectivity index is 1.89. The lowest BCUT2D eigenvalue weighted by Gasteiger charge is -2.27. The van der Waals surface area contributed by atoms with Gasteiger partial charge in [-0.2, -0.15) is 0 Å². The van der Waals surface area contributed by atoms with E-state index in [0.29, 0.717) is 18.7 Å². The maximum atomic E-state index is 13.9. The molecule has 0 unspecified atom stereocenters. The Morgan fingerprint density at radius 1 is 1.09 bits per heavy atom. The van der Waals surface area contributed by atoms with Crippen molar-refractivity contribution in [2.24, 2.45) is 0 Å². The first-order chi connectivity index (χ1) is 11.1. The SMILES string of the molecule is O=c1cc(CN2CCCCC2)n(Cc2ccccc2F)cc1O. The number of hydrogen-bond donors (Lipinski definition) is 1. The summed E-state index contributed by atoms with van der Waals surface area (Å²) in [5.74, 6) is -0.585. The van der Waals surface area contributed by atoms with Crippen LogP contribution in [0.2, 0.25) is 0 Å². The maximum Gasteiger partial charge on any atom is 0.223 e. The molecule has 0 aliphatic carbocycles. The van der Waals surface area contributed by atoms with E-state index in [1.165, 1.54) is 24.8 Å². The Morgan fingerprint density at radius 2 is 1.83 bits per heavy atom. The number of hydrogen-bond acceptors (Lipinski definition) is 3. The van der Waals surface area contributed by atoms with Crippen molar-refractivity contribution in [2.45, 2.75) is 32.4 Å². The van der Waals surface area contributed by atoms with Gasteiger partial charge in [0.25, 0.3) is 0 Å². The van der Waals surface area contributed by atoms with E-state index in [1.807, 2.05) is 0 Å². The van der Waals surface area contributed by atoms with Gasteiger partial charge in [0.1, 0.15) is 5.82 Å². The number of piperidine rings is 1. The first-order valence-corrected chi connectivity index (χ1v) is 8.01. The Kier molecular flexibility index (Phi) is 4.76. The molecule has 4 nitrogen and oxygen atoms in total. The van der Waals surface area contributed by atoms with Gasteiger partial charge in [0.05, 0.1) is 12.7 Å². The van der Waals surface area contributed by atoms with Crippen molar-refractivity contribution in [3.63, 3.8) is 0 Å². The molecule has 0 atom stereocenters. The van der Waals surface area contributed by atoms with Gasteiger partial charge in [0, 0.05) is 23.9 Å². The highest BCUT2D eigenvalue weighted by molar-refractivity contribution is 5.24. The third-order valence-electron chi connectivity index (χ3n) is 4.33. The maximum absolute atomic E-state index is 13.9. The third-order valence-corrected chi connectivity index (χ3v) is 4.33. The molecular formula is C18H21FN2O2. The molecule has 0 amide bonds. The zero-order valence-corrected chi connectivity index (χ0v) is 13.0. The first-order valence-electron chi connectivity index (χ1n) is 8.01. The fourth-order valence-corrected chi connectivity index (χ4v) is 3.04. The number of rotatable bonds is 4. The smallest absolute Gasteiger partial charge is 0.223 e. The second-order valence-corrected chi connectivity index (χ2v) is 6.07. The minimum atomic E-state index is -0.387. The number of benzene rings is 1. The van der Waals surface area contributed by atoms with Crippen LogP contribution in [-0.2, 0) is 13.1 Å². The molecule has 122 valence electrons. The van der Waals surface area contributed by atoms with Crippen LogP contribution in [0.5, 0.6) is 5.75 Å². The molecule has 0 radical (unpaired) electrons. The van der Waals surface area contributed by atoms with Crippen LogP contribution in [0.1, 0.15) is 30.5 Å². The number of likely N-dealkylation sites (tertiary alicyclic amines) is 1. The van der Waals surface area contributed by atoms with Gasteiger partial charge < -0.3 is 9.67 Å². The largest absolute Gasteiger partial charge is 0.503 e. The summed E-state index contributed by atoms with van der Waals surface area (Å²) >= 11 is 0. The summed E-state index contributed by atoms with van der Waals surface area (Å²) in [5, 5.41) is 9.74. The summed E-state index contributed by atoms with van der Waals surface area (Å²) in [5.41, 5.74) is 0.954. The topological polar surface area (TPSA) is 45.5 Å². The highest BCUT2D eigenvalue weighted by Gasteiger charge is 2.14. The van der Waals surface area contributed by atoms with E-state index in [-0.39, 0.29) is 17.0 Å². The lowest BCUT2D eigenvalue weighted by molar-refractivity contribution is 0.215. The molecule has 23 heavy (non-hydrogen) atoms. The number of aromatic nitrogens is 1. The Morgan fingerprint density at radius 3 is 2.57 bits per heavy atom. The van der Waals surface area contributed by atoms with E-state index in [2.05, 4.69) is 4.90 Å². The number of halogens is 1. The van der Waals surface area contributed by atoms with Crippen LogP contribution in [0.25, 0.3) is 0 Å². The van der Waals surface area contributed by atoms with Gasteiger partial charge in [-0.15, -0.1) is 0 Å². The van der Waals surface area contributed by atoms with E-state index in [9.17, 15) is 14.3 Å². The quantitative estimate of drug-likeness (QED) is 0.943. The summed E-state index contributed by atoms with van der Waals surface area (Å²) in [6, 6.07) is 8.03. The highest BCUT2D eigenvalue weighted by atomic mass is 19.1. The summed E-state index contributed by atoms with van der Waals surface area (Å²) in [6.45, 7) is 2.96. The van der Waals surface area contributed by atoms with Crippen molar-refractivity contribution in [3.05, 3.63) is 63.8 Å². The Hall–Kier alpha value is -2.14. The van der Waals surface area contributed by atoms with Crippen molar-refractivity contribution in [3.8, 4) is 5.75 Å². The predicted octanol–water partition coefficient (Wildman–Crippen LogP) is 2.73. The number of pyridine rings is 1. The van der Waals surface area contributed by atoms with E-state index in [4.69, 9.17) is 0 Å². The molecular weight excluding hydrogens is 295 g/mol. The fraction of sp³-hybridized carbons (Fsp3) is 0.389. The molecule has 1 aliphatic rings. The van der Waals surface area contributed by atoms with E-state index < -0.39 is 0 Å². The number of aromatic hydroxyl groups is 1. The average Bonchev–Trinajstić information content (AvgIpc) is 2.55. The van der Waals surface area contributed by atoms with Gasteiger partial charge in [0.15, 0.2) is 5.75 Å². The van der Waals surface area contributed by atoms with E-state index in [1.54, 1.807) is 22.8 Å². The van der Waals surface area contributed by atoms with Crippen molar-refractivity contribution >= 4 is 0 Å². The average molecular weight is 316 g/mol. The van der Waals surface area contributed by atoms with Crippen LogP contribution < -0.4 is 5.43 Å². The molecule has 1 N–H and O–H groups in total. The van der Waals surface area contributed by atoms with Crippen LogP contribution >= 0.6 is 0 Å². The fourth-order valence-electron chi connectivity index (χ4n) is 3.04. The predicted molar refractivity (Wildman–Crippen MR) is 87.0 cm³/mol. The minimum absolute atomic E-state index is 0.283. The summed E-state index contributed by atoms with van der Waals surface area (Å²) < 4.78 is 15.7. The normalized spacial score (nSPS) is 15.7. The molecule has 0 spiro atoms. The van der Waals surface area contributed by atoms with Gasteiger partial charge in [-0.1, -0.05) is 24.6 Å². The van der Waals surface area contributed by atoms with Crippen molar-refractivity contribution in [1.29, 1.82) is 0 Å². The molecule has 5 heteroatoms. The van der Waals surface area contributed by atoms with Crippen LogP contribution in [-0.4, -0.2) is 27.7 Å².